The minimum absolute atomic E-state index is 0.542. The minimum Gasteiger partial charge on any atom is -0.464 e. The summed E-state index contributed by atoms with van der Waals surface area (Å²) in [6.07, 6.45) is 3.58. The SMILES string of the molecule is CC(C)[Si](C#Cc1c2cc3cc4occc4cc3cc2c(C#C[Si](C(C)C)(C(C)C)C(C)C)c2cc3occc3cc12)(C(C)C)C(C)C. The molecule has 0 bridgehead atoms. The topological polar surface area (TPSA) is 26.3 Å². The minimum atomic E-state index is -2.02. The van der Waals surface area contributed by atoms with Crippen LogP contribution in [0.5, 0.6) is 0 Å². The summed E-state index contributed by atoms with van der Waals surface area (Å²) in [5, 5.41) is 9.19. The molecule has 0 unspecified atom stereocenters. The zero-order valence-corrected chi connectivity index (χ0v) is 33.1. The molecular formula is C44H52O2Si2. The lowest BCUT2D eigenvalue weighted by Gasteiger charge is -2.38. The van der Waals surface area contributed by atoms with Crippen LogP contribution in [0.15, 0.2) is 69.9 Å². The van der Waals surface area contributed by atoms with Crippen LogP contribution < -0.4 is 0 Å². The van der Waals surface area contributed by atoms with Gasteiger partial charge in [-0.1, -0.05) is 94.9 Å². The Hall–Kier alpha value is -3.71. The highest BCUT2D eigenvalue weighted by molar-refractivity contribution is 6.91. The van der Waals surface area contributed by atoms with E-state index in [1.807, 2.05) is 6.07 Å². The van der Waals surface area contributed by atoms with E-state index in [2.05, 4.69) is 148 Å². The van der Waals surface area contributed by atoms with Crippen LogP contribution in [-0.2, 0) is 0 Å². The molecule has 0 amide bonds. The van der Waals surface area contributed by atoms with Crippen molar-refractivity contribution in [2.75, 3.05) is 0 Å². The highest BCUT2D eigenvalue weighted by Gasteiger charge is 2.43. The molecule has 0 aliphatic rings. The first kappa shape index (κ1) is 34.2. The monoisotopic (exact) mass is 668 g/mol. The van der Waals surface area contributed by atoms with Gasteiger partial charge in [-0.05, 0) is 103 Å². The largest absolute Gasteiger partial charge is 0.464 e. The lowest BCUT2D eigenvalue weighted by molar-refractivity contribution is 0.616. The molecule has 0 fully saturated rings. The van der Waals surface area contributed by atoms with Crippen LogP contribution in [0.4, 0.5) is 0 Å². The molecule has 0 atom stereocenters. The standard InChI is InChI=1S/C44H52O2Si2/c1-27(2)47(28(3)4,29(5)6)19-15-37-39-22-34-14-18-46-44(34)26-42(39)38(16-20-48(30(7)8,31(9)10)32(11)12)40-23-35-21-33-13-17-45-43(33)25-36(35)24-41(37)40/h13-14,17-18,21-32H,1-12H3. The summed E-state index contributed by atoms with van der Waals surface area (Å²) >= 11 is 0. The maximum atomic E-state index is 6.03. The first-order chi connectivity index (χ1) is 22.7. The van der Waals surface area contributed by atoms with Crippen LogP contribution in [0.2, 0.25) is 33.2 Å². The van der Waals surface area contributed by atoms with Crippen molar-refractivity contribution < 1.29 is 8.83 Å². The molecule has 0 radical (unpaired) electrons. The van der Waals surface area contributed by atoms with Crippen molar-refractivity contribution in [3.63, 3.8) is 0 Å². The number of rotatable bonds is 6. The molecule has 48 heavy (non-hydrogen) atoms. The van der Waals surface area contributed by atoms with Gasteiger partial charge in [0.05, 0.1) is 12.5 Å². The average molecular weight is 669 g/mol. The molecule has 2 aromatic heterocycles. The molecule has 0 saturated heterocycles. The van der Waals surface area contributed by atoms with E-state index in [4.69, 9.17) is 8.83 Å². The molecule has 248 valence electrons. The van der Waals surface area contributed by atoms with Crippen LogP contribution >= 0.6 is 0 Å². The van der Waals surface area contributed by atoms with Crippen molar-refractivity contribution >= 4 is 70.4 Å². The molecule has 0 spiro atoms. The fourth-order valence-corrected chi connectivity index (χ4v) is 19.8. The summed E-state index contributed by atoms with van der Waals surface area (Å²) in [5.74, 6) is 7.88. The molecule has 4 heteroatoms. The number of hydrogen-bond donors (Lipinski definition) is 0. The molecule has 0 aliphatic carbocycles. The van der Waals surface area contributed by atoms with Crippen molar-refractivity contribution in [1.82, 2.24) is 0 Å². The van der Waals surface area contributed by atoms with Gasteiger partial charge in [-0.15, -0.1) is 11.1 Å². The second kappa shape index (κ2) is 12.6. The van der Waals surface area contributed by atoms with Crippen LogP contribution in [0.1, 0.15) is 94.2 Å². The summed E-state index contributed by atoms with van der Waals surface area (Å²) in [6.45, 7) is 28.7. The van der Waals surface area contributed by atoms with Crippen LogP contribution in [0.25, 0.3) is 54.3 Å². The van der Waals surface area contributed by atoms with Crippen molar-refractivity contribution in [3.05, 3.63) is 72.2 Å². The molecule has 6 aromatic rings. The molecule has 2 heterocycles. The fraction of sp³-hybridized carbons (Fsp3) is 0.409. The normalized spacial score (nSPS) is 13.0. The zero-order valence-electron chi connectivity index (χ0n) is 31.1. The molecule has 2 nitrogen and oxygen atoms in total. The smallest absolute Gasteiger partial charge is 0.146 e. The van der Waals surface area contributed by atoms with Gasteiger partial charge in [0, 0.05) is 32.7 Å². The molecule has 0 N–H and O–H groups in total. The van der Waals surface area contributed by atoms with E-state index < -0.39 is 16.1 Å². The third-order valence-electron chi connectivity index (χ3n) is 11.8. The van der Waals surface area contributed by atoms with Gasteiger partial charge in [0.2, 0.25) is 0 Å². The number of fused-ring (bicyclic) bond motifs is 5. The Labute approximate surface area is 289 Å². The summed E-state index contributed by atoms with van der Waals surface area (Å²) in [7, 11) is -4.03. The van der Waals surface area contributed by atoms with Crippen molar-refractivity contribution in [2.24, 2.45) is 0 Å². The van der Waals surface area contributed by atoms with Gasteiger partial charge >= 0.3 is 0 Å². The quantitative estimate of drug-likeness (QED) is 0.100. The fourth-order valence-electron chi connectivity index (χ4n) is 9.36. The Kier molecular flexibility index (Phi) is 8.99. The Morgan fingerprint density at radius 1 is 0.417 bits per heavy atom. The van der Waals surface area contributed by atoms with Gasteiger partial charge in [-0.3, -0.25) is 0 Å². The van der Waals surface area contributed by atoms with Crippen LogP contribution in [0.3, 0.4) is 0 Å². The maximum absolute atomic E-state index is 6.03. The van der Waals surface area contributed by atoms with Gasteiger partial charge in [0.1, 0.15) is 27.3 Å². The van der Waals surface area contributed by atoms with Crippen LogP contribution in [0, 0.1) is 22.9 Å². The predicted octanol–water partition coefficient (Wildman–Crippen LogP) is 13.8. The van der Waals surface area contributed by atoms with E-state index in [1.165, 1.54) is 16.2 Å². The zero-order chi connectivity index (χ0) is 34.7. The highest BCUT2D eigenvalue weighted by atomic mass is 28.3. The van der Waals surface area contributed by atoms with Gasteiger partial charge in [-0.2, -0.15) is 0 Å². The van der Waals surface area contributed by atoms with Crippen molar-refractivity contribution in [2.45, 2.75) is 116 Å². The van der Waals surface area contributed by atoms with Crippen molar-refractivity contribution in [1.29, 1.82) is 0 Å². The van der Waals surface area contributed by atoms with Gasteiger partial charge < -0.3 is 8.83 Å². The van der Waals surface area contributed by atoms with Gasteiger partial charge in [-0.25, -0.2) is 0 Å². The summed E-state index contributed by atoms with van der Waals surface area (Å²) in [4.78, 5) is 0. The summed E-state index contributed by atoms with van der Waals surface area (Å²) < 4.78 is 11.9. The molecule has 4 aromatic carbocycles. The van der Waals surface area contributed by atoms with E-state index >= 15 is 0 Å². The van der Waals surface area contributed by atoms with Gasteiger partial charge in [0.25, 0.3) is 0 Å². The number of benzene rings is 4. The first-order valence-electron chi connectivity index (χ1n) is 18.0. The van der Waals surface area contributed by atoms with Crippen LogP contribution in [-0.4, -0.2) is 16.1 Å². The van der Waals surface area contributed by atoms with E-state index in [1.54, 1.807) is 12.5 Å². The first-order valence-corrected chi connectivity index (χ1v) is 22.5. The molecular weight excluding hydrogens is 617 g/mol. The average Bonchev–Trinajstić information content (AvgIpc) is 3.67. The van der Waals surface area contributed by atoms with E-state index in [0.717, 1.165) is 49.2 Å². The summed E-state index contributed by atoms with van der Waals surface area (Å²) in [5.41, 5.74) is 15.4. The van der Waals surface area contributed by atoms with E-state index in [-0.39, 0.29) is 0 Å². The van der Waals surface area contributed by atoms with Crippen molar-refractivity contribution in [3.8, 4) is 22.9 Å². The lowest BCUT2D eigenvalue weighted by atomic mass is 9.89. The van der Waals surface area contributed by atoms with Gasteiger partial charge in [0.15, 0.2) is 0 Å². The third kappa shape index (κ3) is 5.33. The second-order valence-electron chi connectivity index (χ2n) is 16.0. The van der Waals surface area contributed by atoms with E-state index in [0.29, 0.717) is 33.2 Å². The molecule has 6 rings (SSSR count). The Bertz CT molecular complexity index is 2090. The van der Waals surface area contributed by atoms with E-state index in [9.17, 15) is 0 Å². The Morgan fingerprint density at radius 3 is 1.17 bits per heavy atom. The second-order valence-corrected chi connectivity index (χ2v) is 27.1. The predicted molar refractivity (Wildman–Crippen MR) is 214 cm³/mol. The maximum Gasteiger partial charge on any atom is 0.146 e. The number of hydrogen-bond acceptors (Lipinski definition) is 2. The molecule has 0 saturated carbocycles. The molecule has 0 aliphatic heterocycles. The summed E-state index contributed by atoms with van der Waals surface area (Å²) in [6, 6.07) is 17.8. The Balaban J connectivity index is 1.83. The highest BCUT2D eigenvalue weighted by Crippen LogP contribution is 2.44. The lowest BCUT2D eigenvalue weighted by Crippen LogP contribution is -2.43. The third-order valence-corrected chi connectivity index (χ3v) is 24.3. The Morgan fingerprint density at radius 2 is 0.750 bits per heavy atom. The number of furan rings is 2.